The number of nitrogens with zero attached hydrogens (tertiary/aromatic N) is 1. The van der Waals surface area contributed by atoms with E-state index in [1.165, 1.54) is 43.3 Å². The van der Waals surface area contributed by atoms with Gasteiger partial charge in [-0.25, -0.2) is 8.42 Å². The standard InChI is InChI=1S/C15H13NO4S/c1-12(21(19,20)15-8-3-2-4-9-15)10-13-6-5-7-14(11-13)16(17)18/h2-11H,1H3/b12-10+. The lowest BCUT2D eigenvalue weighted by atomic mass is 10.2. The maximum Gasteiger partial charge on any atom is 0.270 e. The summed E-state index contributed by atoms with van der Waals surface area (Å²) in [7, 11) is -3.58. The van der Waals surface area contributed by atoms with Crippen molar-refractivity contribution in [1.82, 2.24) is 0 Å². The van der Waals surface area contributed by atoms with E-state index in [0.717, 1.165) is 0 Å². The lowest BCUT2D eigenvalue weighted by Crippen LogP contribution is -2.01. The molecule has 5 nitrogen and oxygen atoms in total. The first-order chi connectivity index (χ1) is 9.91. The van der Waals surface area contributed by atoms with Crippen LogP contribution in [0.15, 0.2) is 64.4 Å². The Morgan fingerprint density at radius 3 is 2.38 bits per heavy atom. The molecule has 6 heteroatoms. The Morgan fingerprint density at radius 1 is 1.10 bits per heavy atom. The molecule has 0 radical (unpaired) electrons. The number of allylic oxidation sites excluding steroid dienone is 1. The van der Waals surface area contributed by atoms with Crippen LogP contribution >= 0.6 is 0 Å². The lowest BCUT2D eigenvalue weighted by Gasteiger charge is -2.04. The van der Waals surface area contributed by atoms with Crippen LogP contribution in [0, 0.1) is 10.1 Å². The molecule has 0 unspecified atom stereocenters. The van der Waals surface area contributed by atoms with Crippen LogP contribution in [0.1, 0.15) is 12.5 Å². The van der Waals surface area contributed by atoms with Gasteiger partial charge < -0.3 is 0 Å². The highest BCUT2D eigenvalue weighted by Gasteiger charge is 2.16. The first-order valence-electron chi connectivity index (χ1n) is 6.14. The summed E-state index contributed by atoms with van der Waals surface area (Å²) in [4.78, 5) is 10.5. The molecule has 0 heterocycles. The van der Waals surface area contributed by atoms with Crippen molar-refractivity contribution in [1.29, 1.82) is 0 Å². The van der Waals surface area contributed by atoms with Crippen LogP contribution in [-0.4, -0.2) is 13.3 Å². The van der Waals surface area contributed by atoms with Crippen LogP contribution in [0.25, 0.3) is 6.08 Å². The fourth-order valence-electron chi connectivity index (χ4n) is 1.83. The van der Waals surface area contributed by atoms with Gasteiger partial charge in [0.25, 0.3) is 5.69 Å². The van der Waals surface area contributed by atoms with E-state index in [9.17, 15) is 18.5 Å². The zero-order chi connectivity index (χ0) is 15.5. The molecule has 0 atom stereocenters. The van der Waals surface area contributed by atoms with Gasteiger partial charge in [0, 0.05) is 17.0 Å². The van der Waals surface area contributed by atoms with E-state index in [1.807, 2.05) is 0 Å². The van der Waals surface area contributed by atoms with Crippen LogP contribution in [0.2, 0.25) is 0 Å². The second kappa shape index (κ2) is 5.88. The molecule has 0 aliphatic heterocycles. The Labute approximate surface area is 122 Å². The average Bonchev–Trinajstić information content (AvgIpc) is 2.48. The summed E-state index contributed by atoms with van der Waals surface area (Å²) in [6.45, 7) is 1.47. The number of benzene rings is 2. The van der Waals surface area contributed by atoms with Crippen LogP contribution in [0.4, 0.5) is 5.69 Å². The van der Waals surface area contributed by atoms with Crippen LogP contribution < -0.4 is 0 Å². The summed E-state index contributed by atoms with van der Waals surface area (Å²) < 4.78 is 24.7. The largest absolute Gasteiger partial charge is 0.270 e. The van der Waals surface area contributed by atoms with Gasteiger partial charge in [-0.05, 0) is 30.7 Å². The Balaban J connectivity index is 2.42. The number of sulfone groups is 1. The molecule has 0 bridgehead atoms. The maximum atomic E-state index is 12.4. The summed E-state index contributed by atoms with van der Waals surface area (Å²) in [5, 5.41) is 10.7. The number of nitro groups is 1. The normalized spacial score (nSPS) is 12.1. The Morgan fingerprint density at radius 2 is 1.76 bits per heavy atom. The first-order valence-corrected chi connectivity index (χ1v) is 7.62. The summed E-state index contributed by atoms with van der Waals surface area (Å²) in [5.74, 6) is 0. The highest BCUT2D eigenvalue weighted by molar-refractivity contribution is 7.95. The second-order valence-electron chi connectivity index (χ2n) is 4.42. The van der Waals surface area contributed by atoms with E-state index in [2.05, 4.69) is 0 Å². The van der Waals surface area contributed by atoms with E-state index in [0.29, 0.717) is 5.56 Å². The first kappa shape index (κ1) is 14.9. The van der Waals surface area contributed by atoms with Gasteiger partial charge in [-0.1, -0.05) is 30.3 Å². The van der Waals surface area contributed by atoms with Gasteiger partial charge in [-0.3, -0.25) is 10.1 Å². The SMILES string of the molecule is C/C(=C\c1cccc([N+](=O)[O-])c1)S(=O)(=O)c1ccccc1. The zero-order valence-electron chi connectivity index (χ0n) is 11.3. The van der Waals surface area contributed by atoms with Crippen molar-refractivity contribution in [2.45, 2.75) is 11.8 Å². The molecule has 0 N–H and O–H groups in total. The molecule has 2 aromatic carbocycles. The number of nitro benzene ring substituents is 1. The Kier molecular flexibility index (Phi) is 4.18. The molecule has 0 saturated carbocycles. The van der Waals surface area contributed by atoms with Crippen molar-refractivity contribution in [3.05, 3.63) is 75.2 Å². The summed E-state index contributed by atoms with van der Waals surface area (Å²) in [5.41, 5.74) is 0.398. The number of rotatable bonds is 4. The fourth-order valence-corrected chi connectivity index (χ4v) is 3.00. The predicted octanol–water partition coefficient (Wildman–Crippen LogP) is 3.43. The molecular weight excluding hydrogens is 290 g/mol. The highest BCUT2D eigenvalue weighted by Crippen LogP contribution is 2.22. The van der Waals surface area contributed by atoms with E-state index in [-0.39, 0.29) is 15.5 Å². The third kappa shape index (κ3) is 3.35. The van der Waals surface area contributed by atoms with Gasteiger partial charge in [-0.2, -0.15) is 0 Å². The third-order valence-electron chi connectivity index (χ3n) is 2.93. The molecule has 0 aliphatic carbocycles. The smallest absolute Gasteiger partial charge is 0.258 e. The molecule has 0 amide bonds. The van der Waals surface area contributed by atoms with Crippen molar-refractivity contribution in [2.75, 3.05) is 0 Å². The van der Waals surface area contributed by atoms with Crippen LogP contribution in [0.5, 0.6) is 0 Å². The number of non-ortho nitro benzene ring substituents is 1. The predicted molar refractivity (Wildman–Crippen MR) is 80.4 cm³/mol. The minimum atomic E-state index is -3.58. The van der Waals surface area contributed by atoms with E-state index in [1.54, 1.807) is 24.3 Å². The summed E-state index contributed by atoms with van der Waals surface area (Å²) in [6.07, 6.45) is 1.43. The molecule has 2 aromatic rings. The quantitative estimate of drug-likeness (QED) is 0.640. The monoisotopic (exact) mass is 303 g/mol. The van der Waals surface area contributed by atoms with E-state index < -0.39 is 14.8 Å². The lowest BCUT2D eigenvalue weighted by molar-refractivity contribution is -0.384. The number of hydrogen-bond acceptors (Lipinski definition) is 4. The molecule has 21 heavy (non-hydrogen) atoms. The third-order valence-corrected chi connectivity index (χ3v) is 4.79. The average molecular weight is 303 g/mol. The van der Waals surface area contributed by atoms with Gasteiger partial charge in [0.1, 0.15) is 0 Å². The van der Waals surface area contributed by atoms with Crippen molar-refractivity contribution >= 4 is 21.6 Å². The Hall–Kier alpha value is -2.47. The minimum absolute atomic E-state index is 0.0753. The molecule has 108 valence electrons. The van der Waals surface area contributed by atoms with Gasteiger partial charge in [0.15, 0.2) is 0 Å². The van der Waals surface area contributed by atoms with E-state index >= 15 is 0 Å². The van der Waals surface area contributed by atoms with Crippen molar-refractivity contribution < 1.29 is 13.3 Å². The van der Waals surface area contributed by atoms with Crippen LogP contribution in [0.3, 0.4) is 0 Å². The highest BCUT2D eigenvalue weighted by atomic mass is 32.2. The van der Waals surface area contributed by atoms with E-state index in [4.69, 9.17) is 0 Å². The molecular formula is C15H13NO4S. The van der Waals surface area contributed by atoms with Crippen molar-refractivity contribution in [2.24, 2.45) is 0 Å². The fraction of sp³-hybridized carbons (Fsp3) is 0.0667. The van der Waals surface area contributed by atoms with Crippen molar-refractivity contribution in [3.63, 3.8) is 0 Å². The topological polar surface area (TPSA) is 77.3 Å². The summed E-state index contributed by atoms with van der Waals surface area (Å²) in [6, 6.07) is 13.9. The van der Waals surface area contributed by atoms with Gasteiger partial charge in [0.05, 0.1) is 9.82 Å². The van der Waals surface area contributed by atoms with Gasteiger partial charge in [0.2, 0.25) is 9.84 Å². The Bertz CT molecular complexity index is 795. The molecule has 0 aromatic heterocycles. The maximum absolute atomic E-state index is 12.4. The number of hydrogen-bond donors (Lipinski definition) is 0. The van der Waals surface area contributed by atoms with Crippen molar-refractivity contribution in [3.8, 4) is 0 Å². The molecule has 0 aliphatic rings. The zero-order valence-corrected chi connectivity index (χ0v) is 12.1. The van der Waals surface area contributed by atoms with Gasteiger partial charge >= 0.3 is 0 Å². The molecule has 0 fully saturated rings. The van der Waals surface area contributed by atoms with Gasteiger partial charge in [-0.15, -0.1) is 0 Å². The molecule has 0 saturated heterocycles. The molecule has 0 spiro atoms. The van der Waals surface area contributed by atoms with Crippen LogP contribution in [-0.2, 0) is 9.84 Å². The second-order valence-corrected chi connectivity index (χ2v) is 6.55. The molecule has 2 rings (SSSR count). The minimum Gasteiger partial charge on any atom is -0.258 e. The summed E-state index contributed by atoms with van der Waals surface area (Å²) >= 11 is 0.